The fraction of sp³-hybridized carbons (Fsp3) is 0.625. The predicted octanol–water partition coefficient (Wildman–Crippen LogP) is 2.43. The van der Waals surface area contributed by atoms with E-state index in [9.17, 15) is 0 Å². The van der Waals surface area contributed by atoms with Crippen LogP contribution in [0, 0.1) is 11.8 Å². The monoisotopic (exact) mass is 260 g/mol. The standard InChI is InChI=1S/C16H24N2O/c1-19-15-7-3-4-12(8-15)16(9-17)18-10-13-5-2-6-14(13)11-18/h3-4,7-8,13-14,16H,2,5-6,9-11,17H2,1H3. The molecule has 1 saturated heterocycles. The Morgan fingerprint density at radius 3 is 2.68 bits per heavy atom. The molecule has 1 aromatic carbocycles. The summed E-state index contributed by atoms with van der Waals surface area (Å²) in [7, 11) is 1.72. The van der Waals surface area contributed by atoms with Crippen LogP contribution in [0.15, 0.2) is 24.3 Å². The summed E-state index contributed by atoms with van der Waals surface area (Å²) in [5, 5.41) is 0. The van der Waals surface area contributed by atoms with Crippen molar-refractivity contribution in [2.45, 2.75) is 25.3 Å². The van der Waals surface area contributed by atoms with Gasteiger partial charge >= 0.3 is 0 Å². The van der Waals surface area contributed by atoms with Crippen LogP contribution in [-0.4, -0.2) is 31.6 Å². The van der Waals surface area contributed by atoms with Crippen LogP contribution in [0.4, 0.5) is 0 Å². The minimum absolute atomic E-state index is 0.348. The Morgan fingerprint density at radius 2 is 2.05 bits per heavy atom. The van der Waals surface area contributed by atoms with Crippen molar-refractivity contribution in [3.63, 3.8) is 0 Å². The highest BCUT2D eigenvalue weighted by atomic mass is 16.5. The highest BCUT2D eigenvalue weighted by molar-refractivity contribution is 5.31. The molecule has 3 atom stereocenters. The molecule has 0 spiro atoms. The Labute approximate surface area is 115 Å². The molecule has 1 aromatic rings. The van der Waals surface area contributed by atoms with E-state index in [4.69, 9.17) is 10.5 Å². The molecular formula is C16H24N2O. The lowest BCUT2D eigenvalue weighted by molar-refractivity contribution is 0.231. The summed E-state index contributed by atoms with van der Waals surface area (Å²) in [5.41, 5.74) is 7.34. The minimum Gasteiger partial charge on any atom is -0.497 e. The van der Waals surface area contributed by atoms with Crippen LogP contribution in [0.25, 0.3) is 0 Å². The van der Waals surface area contributed by atoms with E-state index in [2.05, 4.69) is 23.1 Å². The van der Waals surface area contributed by atoms with Crippen LogP contribution in [0.1, 0.15) is 30.9 Å². The minimum atomic E-state index is 0.348. The van der Waals surface area contributed by atoms with Gasteiger partial charge in [-0.1, -0.05) is 18.6 Å². The molecular weight excluding hydrogens is 236 g/mol. The number of nitrogens with zero attached hydrogens (tertiary/aromatic N) is 1. The SMILES string of the molecule is COc1cccc(C(CN)N2CC3CCCC3C2)c1. The Kier molecular flexibility index (Phi) is 3.76. The van der Waals surface area contributed by atoms with E-state index in [1.54, 1.807) is 7.11 Å². The van der Waals surface area contributed by atoms with Crippen LogP contribution < -0.4 is 10.5 Å². The molecule has 3 unspecified atom stereocenters. The first-order valence-electron chi connectivity index (χ1n) is 7.40. The first-order chi connectivity index (χ1) is 9.31. The second-order valence-electron chi connectivity index (χ2n) is 5.93. The Bertz CT molecular complexity index is 423. The number of ether oxygens (including phenoxy) is 1. The lowest BCUT2D eigenvalue weighted by Gasteiger charge is -2.28. The maximum atomic E-state index is 6.04. The van der Waals surface area contributed by atoms with E-state index >= 15 is 0 Å². The average molecular weight is 260 g/mol. The van der Waals surface area contributed by atoms with Crippen molar-refractivity contribution in [1.82, 2.24) is 4.90 Å². The molecule has 3 rings (SSSR count). The normalized spacial score (nSPS) is 28.3. The van der Waals surface area contributed by atoms with Gasteiger partial charge in [0.2, 0.25) is 0 Å². The highest BCUT2D eigenvalue weighted by Crippen LogP contribution is 2.40. The molecule has 0 aromatic heterocycles. The number of methoxy groups -OCH3 is 1. The summed E-state index contributed by atoms with van der Waals surface area (Å²) in [6, 6.07) is 8.71. The van der Waals surface area contributed by atoms with E-state index in [0.717, 1.165) is 17.6 Å². The first-order valence-corrected chi connectivity index (χ1v) is 7.40. The molecule has 1 aliphatic heterocycles. The van der Waals surface area contributed by atoms with Gasteiger partial charge in [-0.05, 0) is 42.4 Å². The number of hydrogen-bond donors (Lipinski definition) is 1. The number of benzene rings is 1. The van der Waals surface area contributed by atoms with Gasteiger partial charge in [-0.25, -0.2) is 0 Å². The van der Waals surface area contributed by atoms with E-state index in [0.29, 0.717) is 12.6 Å². The van der Waals surface area contributed by atoms with Gasteiger partial charge in [0.15, 0.2) is 0 Å². The zero-order valence-electron chi connectivity index (χ0n) is 11.7. The molecule has 0 bridgehead atoms. The third-order valence-corrected chi connectivity index (χ3v) is 4.90. The number of fused-ring (bicyclic) bond motifs is 1. The molecule has 1 aliphatic carbocycles. The van der Waals surface area contributed by atoms with Crippen LogP contribution in [0.5, 0.6) is 5.75 Å². The van der Waals surface area contributed by atoms with Crippen molar-refractivity contribution < 1.29 is 4.74 Å². The van der Waals surface area contributed by atoms with E-state index in [1.807, 2.05) is 6.07 Å². The average Bonchev–Trinajstić information content (AvgIpc) is 3.01. The van der Waals surface area contributed by atoms with Crippen molar-refractivity contribution in [2.75, 3.05) is 26.7 Å². The summed E-state index contributed by atoms with van der Waals surface area (Å²) in [6.45, 7) is 3.14. The van der Waals surface area contributed by atoms with Gasteiger partial charge in [0.1, 0.15) is 5.75 Å². The third kappa shape index (κ3) is 2.49. The number of hydrogen-bond acceptors (Lipinski definition) is 3. The molecule has 0 radical (unpaired) electrons. The summed E-state index contributed by atoms with van der Waals surface area (Å²) < 4.78 is 5.33. The molecule has 3 nitrogen and oxygen atoms in total. The third-order valence-electron chi connectivity index (χ3n) is 4.90. The molecule has 0 amide bonds. The number of rotatable bonds is 4. The lowest BCUT2D eigenvalue weighted by atomic mass is 10.0. The van der Waals surface area contributed by atoms with Gasteiger partial charge < -0.3 is 10.5 Å². The second kappa shape index (κ2) is 5.51. The quantitative estimate of drug-likeness (QED) is 0.903. The van der Waals surface area contributed by atoms with Crippen LogP contribution in [0.3, 0.4) is 0 Å². The molecule has 3 heteroatoms. The van der Waals surface area contributed by atoms with Gasteiger partial charge in [0.05, 0.1) is 7.11 Å². The zero-order chi connectivity index (χ0) is 13.2. The molecule has 2 fully saturated rings. The topological polar surface area (TPSA) is 38.5 Å². The lowest BCUT2D eigenvalue weighted by Crippen LogP contribution is -2.32. The first kappa shape index (κ1) is 12.9. The van der Waals surface area contributed by atoms with E-state index in [-0.39, 0.29) is 0 Å². The van der Waals surface area contributed by atoms with Gasteiger partial charge in [0.25, 0.3) is 0 Å². The van der Waals surface area contributed by atoms with Crippen molar-refractivity contribution in [3.8, 4) is 5.75 Å². The fourth-order valence-electron chi connectivity index (χ4n) is 3.87. The van der Waals surface area contributed by atoms with Gasteiger partial charge in [-0.3, -0.25) is 4.90 Å². The molecule has 2 N–H and O–H groups in total. The van der Waals surface area contributed by atoms with Crippen molar-refractivity contribution in [1.29, 1.82) is 0 Å². The Balaban J connectivity index is 1.77. The Hall–Kier alpha value is -1.06. The predicted molar refractivity (Wildman–Crippen MR) is 77.2 cm³/mol. The maximum absolute atomic E-state index is 6.04. The summed E-state index contributed by atoms with van der Waals surface area (Å²) in [5.74, 6) is 2.76. The van der Waals surface area contributed by atoms with Crippen LogP contribution >= 0.6 is 0 Å². The van der Waals surface area contributed by atoms with E-state index < -0.39 is 0 Å². The van der Waals surface area contributed by atoms with Gasteiger partial charge in [-0.2, -0.15) is 0 Å². The molecule has 19 heavy (non-hydrogen) atoms. The van der Waals surface area contributed by atoms with Crippen LogP contribution in [0.2, 0.25) is 0 Å². The molecule has 1 heterocycles. The highest BCUT2D eigenvalue weighted by Gasteiger charge is 2.38. The Morgan fingerprint density at radius 1 is 1.32 bits per heavy atom. The second-order valence-corrected chi connectivity index (χ2v) is 5.93. The van der Waals surface area contributed by atoms with Crippen LogP contribution in [-0.2, 0) is 0 Å². The largest absolute Gasteiger partial charge is 0.497 e. The number of nitrogens with two attached hydrogens (primary N) is 1. The summed E-state index contributed by atoms with van der Waals surface area (Å²) >= 11 is 0. The van der Waals surface area contributed by atoms with Crippen molar-refractivity contribution in [2.24, 2.45) is 17.6 Å². The van der Waals surface area contributed by atoms with Gasteiger partial charge in [-0.15, -0.1) is 0 Å². The summed E-state index contributed by atoms with van der Waals surface area (Å²) in [4.78, 5) is 2.59. The maximum Gasteiger partial charge on any atom is 0.119 e. The number of likely N-dealkylation sites (tertiary alicyclic amines) is 1. The van der Waals surface area contributed by atoms with Crippen molar-refractivity contribution >= 4 is 0 Å². The smallest absolute Gasteiger partial charge is 0.119 e. The van der Waals surface area contributed by atoms with Gasteiger partial charge in [0, 0.05) is 25.7 Å². The molecule has 2 aliphatic rings. The molecule has 1 saturated carbocycles. The summed E-state index contributed by atoms with van der Waals surface area (Å²) in [6.07, 6.45) is 4.25. The molecule has 104 valence electrons. The zero-order valence-corrected chi connectivity index (χ0v) is 11.7. The van der Waals surface area contributed by atoms with E-state index in [1.165, 1.54) is 37.9 Å². The fourth-order valence-corrected chi connectivity index (χ4v) is 3.87. The van der Waals surface area contributed by atoms with Crippen molar-refractivity contribution in [3.05, 3.63) is 29.8 Å².